The molecular formula is C15H20N2O7. The molecule has 0 bridgehead atoms. The highest BCUT2D eigenvalue weighted by atomic mass is 16.5. The number of rotatable bonds is 5. The molecule has 1 amide bonds. The topological polar surface area (TPSA) is 148 Å². The van der Waals surface area contributed by atoms with E-state index >= 15 is 0 Å². The van der Waals surface area contributed by atoms with Gasteiger partial charge in [0, 0.05) is 12.6 Å². The first kappa shape index (κ1) is 18.1. The van der Waals surface area contributed by atoms with Gasteiger partial charge in [0.05, 0.1) is 12.2 Å². The van der Waals surface area contributed by atoms with Crippen molar-refractivity contribution in [1.29, 1.82) is 0 Å². The minimum atomic E-state index is -1.36. The molecule has 132 valence electrons. The number of carbonyl (C=O) groups is 2. The van der Waals surface area contributed by atoms with Gasteiger partial charge in [0.25, 0.3) is 0 Å². The van der Waals surface area contributed by atoms with Gasteiger partial charge in [0.15, 0.2) is 6.23 Å². The number of hydrogen-bond donors (Lipinski definition) is 6. The Morgan fingerprint density at radius 3 is 2.29 bits per heavy atom. The fourth-order valence-corrected chi connectivity index (χ4v) is 2.51. The van der Waals surface area contributed by atoms with Crippen molar-refractivity contribution in [3.05, 3.63) is 29.8 Å². The third-order valence-corrected chi connectivity index (χ3v) is 3.74. The van der Waals surface area contributed by atoms with Crippen LogP contribution in [0.3, 0.4) is 0 Å². The Hall–Kier alpha value is -2.20. The minimum Gasteiger partial charge on any atom is -0.478 e. The van der Waals surface area contributed by atoms with E-state index in [4.69, 9.17) is 9.84 Å². The van der Waals surface area contributed by atoms with Crippen molar-refractivity contribution in [1.82, 2.24) is 5.32 Å². The second-order valence-electron chi connectivity index (χ2n) is 5.51. The second-order valence-corrected chi connectivity index (χ2v) is 5.51. The summed E-state index contributed by atoms with van der Waals surface area (Å²) in [6, 6.07) is 4.82. The van der Waals surface area contributed by atoms with Crippen LogP contribution in [0.5, 0.6) is 0 Å². The van der Waals surface area contributed by atoms with E-state index in [9.17, 15) is 24.9 Å². The summed E-state index contributed by atoms with van der Waals surface area (Å²) in [6.45, 7) is 0.747. The first-order valence-electron chi connectivity index (χ1n) is 7.33. The summed E-state index contributed by atoms with van der Waals surface area (Å²) < 4.78 is 5.51. The molecular weight excluding hydrogens is 320 g/mol. The normalized spacial score (nSPS) is 29.8. The smallest absolute Gasteiger partial charge is 0.335 e. The summed E-state index contributed by atoms with van der Waals surface area (Å²) in [5.41, 5.74) is 0.591. The summed E-state index contributed by atoms with van der Waals surface area (Å²) in [6.07, 6.45) is -4.67. The number of aromatic carboxylic acids is 1. The summed E-state index contributed by atoms with van der Waals surface area (Å²) >= 11 is 0. The predicted octanol–water partition coefficient (Wildman–Crippen LogP) is -1.26. The number of aliphatic hydroxyl groups is 3. The highest BCUT2D eigenvalue weighted by Gasteiger charge is 2.44. The van der Waals surface area contributed by atoms with E-state index < -0.39 is 49.1 Å². The maximum Gasteiger partial charge on any atom is 0.335 e. The fraction of sp³-hybridized carbons (Fsp3) is 0.467. The standard InChI is InChI=1S/C15H20N2O7/c1-7(19)16-11-13(21)12(20)10(6-18)24-14(11)17-9-4-2-8(3-5-9)15(22)23/h2-5,10-14,17-18,20-21H,6H2,1H3,(H,16,19)(H,22,23). The molecule has 1 aromatic carbocycles. The lowest BCUT2D eigenvalue weighted by Gasteiger charge is -2.43. The van der Waals surface area contributed by atoms with Gasteiger partial charge in [-0.15, -0.1) is 0 Å². The molecule has 0 aromatic heterocycles. The third kappa shape index (κ3) is 4.01. The Labute approximate surface area is 137 Å². The lowest BCUT2D eigenvalue weighted by Crippen LogP contribution is -2.65. The number of ether oxygens (including phenoxy) is 1. The highest BCUT2D eigenvalue weighted by molar-refractivity contribution is 5.88. The first-order valence-corrected chi connectivity index (χ1v) is 7.33. The van der Waals surface area contributed by atoms with Gasteiger partial charge in [-0.05, 0) is 24.3 Å². The number of benzene rings is 1. The third-order valence-electron chi connectivity index (χ3n) is 3.74. The lowest BCUT2D eigenvalue weighted by atomic mass is 9.95. The van der Waals surface area contributed by atoms with Crippen LogP contribution < -0.4 is 10.6 Å². The number of nitrogens with one attached hydrogen (secondary N) is 2. The summed E-state index contributed by atoms with van der Waals surface area (Å²) in [4.78, 5) is 22.2. The van der Waals surface area contributed by atoms with E-state index in [0.29, 0.717) is 5.69 Å². The molecule has 5 atom stereocenters. The second kappa shape index (κ2) is 7.58. The van der Waals surface area contributed by atoms with Crippen LogP contribution in [-0.2, 0) is 9.53 Å². The van der Waals surface area contributed by atoms with Crippen molar-refractivity contribution in [3.63, 3.8) is 0 Å². The van der Waals surface area contributed by atoms with Crippen molar-refractivity contribution in [2.45, 2.75) is 37.5 Å². The van der Waals surface area contributed by atoms with Crippen LogP contribution in [0, 0.1) is 0 Å². The van der Waals surface area contributed by atoms with Crippen molar-refractivity contribution >= 4 is 17.6 Å². The van der Waals surface area contributed by atoms with Crippen LogP contribution in [0.15, 0.2) is 24.3 Å². The van der Waals surface area contributed by atoms with Gasteiger partial charge in [-0.25, -0.2) is 4.79 Å². The molecule has 1 heterocycles. The van der Waals surface area contributed by atoms with Gasteiger partial charge in [0.1, 0.15) is 24.4 Å². The number of carboxylic acids is 1. The summed E-state index contributed by atoms with van der Waals surface area (Å²) in [5, 5.41) is 43.6. The van der Waals surface area contributed by atoms with E-state index in [1.165, 1.54) is 31.2 Å². The zero-order valence-electron chi connectivity index (χ0n) is 12.9. The number of carboxylic acid groups (broad SMARTS) is 1. The van der Waals surface area contributed by atoms with Crippen LogP contribution in [0.25, 0.3) is 0 Å². The molecule has 1 aliphatic heterocycles. The first-order chi connectivity index (χ1) is 11.3. The number of amides is 1. The largest absolute Gasteiger partial charge is 0.478 e. The van der Waals surface area contributed by atoms with Gasteiger partial charge in [-0.3, -0.25) is 4.79 Å². The molecule has 1 aromatic rings. The number of hydrogen-bond acceptors (Lipinski definition) is 7. The van der Waals surface area contributed by atoms with E-state index in [-0.39, 0.29) is 5.56 Å². The zero-order chi connectivity index (χ0) is 17.9. The Kier molecular flexibility index (Phi) is 5.73. The molecule has 1 aliphatic rings. The highest BCUT2D eigenvalue weighted by Crippen LogP contribution is 2.23. The van der Waals surface area contributed by atoms with E-state index in [1.54, 1.807) is 0 Å². The van der Waals surface area contributed by atoms with E-state index in [0.717, 1.165) is 0 Å². The molecule has 0 radical (unpaired) electrons. The van der Waals surface area contributed by atoms with Gasteiger partial charge in [0.2, 0.25) is 5.91 Å². The Morgan fingerprint density at radius 2 is 1.79 bits per heavy atom. The summed E-state index contributed by atoms with van der Waals surface area (Å²) in [7, 11) is 0. The summed E-state index contributed by atoms with van der Waals surface area (Å²) in [5.74, 6) is -1.49. The molecule has 1 saturated heterocycles. The number of aliphatic hydroxyl groups excluding tert-OH is 3. The molecule has 0 aliphatic carbocycles. The van der Waals surface area contributed by atoms with Crippen LogP contribution in [0.1, 0.15) is 17.3 Å². The maximum atomic E-state index is 11.3. The van der Waals surface area contributed by atoms with Gasteiger partial charge in [-0.1, -0.05) is 0 Å². The van der Waals surface area contributed by atoms with Crippen LogP contribution in [-0.4, -0.2) is 69.5 Å². The molecule has 2 rings (SSSR count). The molecule has 24 heavy (non-hydrogen) atoms. The van der Waals surface area contributed by atoms with Crippen molar-refractivity contribution in [2.24, 2.45) is 0 Å². The lowest BCUT2D eigenvalue weighted by molar-refractivity contribution is -0.188. The average molecular weight is 340 g/mol. The average Bonchev–Trinajstić information content (AvgIpc) is 2.54. The minimum absolute atomic E-state index is 0.104. The molecule has 5 unspecified atom stereocenters. The molecule has 9 heteroatoms. The molecule has 9 nitrogen and oxygen atoms in total. The van der Waals surface area contributed by atoms with Crippen molar-refractivity contribution < 1.29 is 34.8 Å². The zero-order valence-corrected chi connectivity index (χ0v) is 12.9. The van der Waals surface area contributed by atoms with Crippen molar-refractivity contribution in [3.8, 4) is 0 Å². The Balaban J connectivity index is 2.19. The molecule has 0 spiro atoms. The maximum absolute atomic E-state index is 11.3. The van der Waals surface area contributed by atoms with Gasteiger partial charge < -0.3 is 35.8 Å². The predicted molar refractivity (Wildman–Crippen MR) is 82.4 cm³/mol. The molecule has 1 fully saturated rings. The van der Waals surface area contributed by atoms with Crippen LogP contribution in [0.2, 0.25) is 0 Å². The molecule has 6 N–H and O–H groups in total. The number of anilines is 1. The van der Waals surface area contributed by atoms with Crippen LogP contribution in [0.4, 0.5) is 5.69 Å². The van der Waals surface area contributed by atoms with E-state index in [2.05, 4.69) is 10.6 Å². The Bertz CT molecular complexity index is 592. The number of carbonyl (C=O) groups excluding carboxylic acids is 1. The monoisotopic (exact) mass is 340 g/mol. The Morgan fingerprint density at radius 1 is 1.17 bits per heavy atom. The van der Waals surface area contributed by atoms with Crippen LogP contribution >= 0.6 is 0 Å². The SMILES string of the molecule is CC(=O)NC1C(Nc2ccc(C(=O)O)cc2)OC(CO)C(O)C1O. The molecule has 0 saturated carbocycles. The van der Waals surface area contributed by atoms with Gasteiger partial charge >= 0.3 is 5.97 Å². The van der Waals surface area contributed by atoms with E-state index in [1.807, 2.05) is 0 Å². The van der Waals surface area contributed by atoms with Gasteiger partial charge in [-0.2, -0.15) is 0 Å². The van der Waals surface area contributed by atoms with Crippen molar-refractivity contribution in [2.75, 3.05) is 11.9 Å². The quantitative estimate of drug-likeness (QED) is 0.389. The fourth-order valence-electron chi connectivity index (χ4n) is 2.51.